The monoisotopic (exact) mass is 394 g/mol. The van der Waals surface area contributed by atoms with Crippen LogP contribution in [0.15, 0.2) is 29.7 Å². The average Bonchev–Trinajstić information content (AvgIpc) is 2.55. The van der Waals surface area contributed by atoms with E-state index in [9.17, 15) is 17.6 Å². The van der Waals surface area contributed by atoms with Gasteiger partial charge >= 0.3 is 6.03 Å². The van der Waals surface area contributed by atoms with E-state index in [0.717, 1.165) is 6.33 Å². The Balaban J connectivity index is 2.37. The summed E-state index contributed by atoms with van der Waals surface area (Å²) < 4.78 is 40.8. The molecule has 0 aliphatic rings. The molecule has 27 heavy (non-hydrogen) atoms. The van der Waals surface area contributed by atoms with Crippen LogP contribution in [0.4, 0.5) is 14.9 Å². The molecule has 7 nitrogen and oxygen atoms in total. The molecular weight excluding hydrogens is 371 g/mol. The smallest absolute Gasteiger partial charge is 0.307 e. The Bertz CT molecular complexity index is 930. The number of benzene rings is 1. The fraction of sp³-hybridized carbons (Fsp3) is 0.389. The third-order valence-electron chi connectivity index (χ3n) is 3.98. The molecule has 0 aliphatic heterocycles. The summed E-state index contributed by atoms with van der Waals surface area (Å²) in [4.78, 5) is 19.9. The Kier molecular flexibility index (Phi) is 6.15. The summed E-state index contributed by atoms with van der Waals surface area (Å²) in [5.74, 6) is -0.555. The fourth-order valence-corrected chi connectivity index (χ4v) is 3.74. The highest BCUT2D eigenvalue weighted by molar-refractivity contribution is 7.90. The molecule has 0 atom stereocenters. The van der Waals surface area contributed by atoms with Crippen molar-refractivity contribution in [2.45, 2.75) is 51.5 Å². The van der Waals surface area contributed by atoms with Crippen LogP contribution >= 0.6 is 0 Å². The molecular formula is C18H23FN4O3S. The van der Waals surface area contributed by atoms with E-state index >= 15 is 0 Å². The largest absolute Gasteiger partial charge is 0.333 e. The van der Waals surface area contributed by atoms with E-state index in [-0.39, 0.29) is 16.9 Å². The minimum atomic E-state index is -4.17. The van der Waals surface area contributed by atoms with Crippen molar-refractivity contribution in [3.8, 4) is 0 Å². The van der Waals surface area contributed by atoms with Gasteiger partial charge in [-0.25, -0.2) is 23.9 Å². The predicted octanol–water partition coefficient (Wildman–Crippen LogP) is 3.68. The second-order valence-corrected chi connectivity index (χ2v) is 8.44. The van der Waals surface area contributed by atoms with Crippen molar-refractivity contribution in [3.63, 3.8) is 0 Å². The molecule has 9 heteroatoms. The van der Waals surface area contributed by atoms with Gasteiger partial charge in [0, 0.05) is 17.4 Å². The number of carbonyl (C=O) groups is 1. The molecule has 0 fully saturated rings. The number of amides is 2. The number of aromatic nitrogens is 2. The molecule has 2 N–H and O–H groups in total. The summed E-state index contributed by atoms with van der Waals surface area (Å²) in [6, 6.07) is 1.74. The second kappa shape index (κ2) is 7.99. The molecule has 1 aromatic heterocycles. The van der Waals surface area contributed by atoms with Gasteiger partial charge in [-0.3, -0.25) is 0 Å². The SMILES string of the molecule is Cc1cncnc1S(=O)(=O)NC(=O)Nc1c(C(C)C)cc(F)cc1C(C)C. The van der Waals surface area contributed by atoms with Gasteiger partial charge in [-0.1, -0.05) is 27.7 Å². The van der Waals surface area contributed by atoms with Crippen molar-refractivity contribution >= 4 is 21.7 Å². The summed E-state index contributed by atoms with van der Waals surface area (Å²) in [6.45, 7) is 8.98. The van der Waals surface area contributed by atoms with Crippen LogP contribution in [0.25, 0.3) is 0 Å². The average molecular weight is 394 g/mol. The van der Waals surface area contributed by atoms with Gasteiger partial charge in [-0.15, -0.1) is 0 Å². The normalized spacial score (nSPS) is 11.7. The predicted molar refractivity (Wildman–Crippen MR) is 101 cm³/mol. The minimum Gasteiger partial charge on any atom is -0.307 e. The Labute approximate surface area is 158 Å². The van der Waals surface area contributed by atoms with Crippen LogP contribution < -0.4 is 10.0 Å². The lowest BCUT2D eigenvalue weighted by atomic mass is 9.92. The van der Waals surface area contributed by atoms with Gasteiger partial charge in [0.05, 0.1) is 0 Å². The van der Waals surface area contributed by atoms with E-state index < -0.39 is 21.9 Å². The van der Waals surface area contributed by atoms with Gasteiger partial charge in [-0.2, -0.15) is 8.42 Å². The van der Waals surface area contributed by atoms with Crippen LogP contribution in [0, 0.1) is 12.7 Å². The van der Waals surface area contributed by atoms with Crippen molar-refractivity contribution in [1.29, 1.82) is 0 Å². The van der Waals surface area contributed by atoms with Gasteiger partial charge in [0.2, 0.25) is 0 Å². The summed E-state index contributed by atoms with van der Waals surface area (Å²) in [7, 11) is -4.17. The Morgan fingerprint density at radius 3 is 2.15 bits per heavy atom. The third-order valence-corrected chi connectivity index (χ3v) is 5.37. The second-order valence-electron chi connectivity index (χ2n) is 6.84. The molecule has 2 rings (SSSR count). The molecule has 2 amide bonds. The minimum absolute atomic E-state index is 0.0748. The number of sulfonamides is 1. The molecule has 0 unspecified atom stereocenters. The first-order chi connectivity index (χ1) is 12.5. The maximum Gasteiger partial charge on any atom is 0.333 e. The quantitative estimate of drug-likeness (QED) is 0.754. The molecule has 0 radical (unpaired) electrons. The van der Waals surface area contributed by atoms with Crippen LogP contribution in [-0.4, -0.2) is 24.4 Å². The van der Waals surface area contributed by atoms with E-state index in [1.54, 1.807) is 0 Å². The summed E-state index contributed by atoms with van der Waals surface area (Å²) in [5.41, 5.74) is 1.90. The molecule has 0 bridgehead atoms. The lowest BCUT2D eigenvalue weighted by molar-refractivity contribution is 0.256. The molecule has 0 saturated heterocycles. The Hall–Kier alpha value is -2.55. The first kappa shape index (κ1) is 20.8. The van der Waals surface area contributed by atoms with Crippen molar-refractivity contribution < 1.29 is 17.6 Å². The Morgan fingerprint density at radius 2 is 1.67 bits per heavy atom. The van der Waals surface area contributed by atoms with E-state index in [1.807, 2.05) is 32.4 Å². The number of nitrogens with zero attached hydrogens (tertiary/aromatic N) is 2. The molecule has 2 aromatic rings. The highest BCUT2D eigenvalue weighted by Crippen LogP contribution is 2.33. The fourth-order valence-electron chi connectivity index (χ4n) is 2.68. The summed E-state index contributed by atoms with van der Waals surface area (Å²) >= 11 is 0. The molecule has 0 spiro atoms. The zero-order valence-electron chi connectivity index (χ0n) is 15.9. The number of aryl methyl sites for hydroxylation is 1. The van der Waals surface area contributed by atoms with Crippen LogP contribution in [0.2, 0.25) is 0 Å². The standard InChI is InChI=1S/C18H23FN4O3S/c1-10(2)14-6-13(19)7-15(11(3)4)16(14)22-18(24)23-27(25,26)17-12(5)8-20-9-21-17/h6-11H,1-5H3,(H2,22,23,24). The van der Waals surface area contributed by atoms with E-state index in [1.165, 1.54) is 25.3 Å². The Morgan fingerprint density at radius 1 is 1.11 bits per heavy atom. The van der Waals surface area contributed by atoms with Crippen molar-refractivity contribution in [2.24, 2.45) is 0 Å². The van der Waals surface area contributed by atoms with Crippen LogP contribution in [0.1, 0.15) is 56.2 Å². The number of rotatable bonds is 5. The third kappa shape index (κ3) is 4.79. The van der Waals surface area contributed by atoms with Gasteiger partial charge in [-0.05, 0) is 42.0 Å². The van der Waals surface area contributed by atoms with Gasteiger partial charge in [0.15, 0.2) is 5.03 Å². The number of hydrogen-bond acceptors (Lipinski definition) is 5. The van der Waals surface area contributed by atoms with E-state index in [4.69, 9.17) is 0 Å². The number of hydrogen-bond donors (Lipinski definition) is 2. The van der Waals surface area contributed by atoms with Gasteiger partial charge < -0.3 is 5.32 Å². The van der Waals surface area contributed by atoms with Gasteiger partial charge in [0.1, 0.15) is 12.1 Å². The number of nitrogens with one attached hydrogen (secondary N) is 2. The summed E-state index contributed by atoms with van der Waals surface area (Å²) in [5, 5.41) is 2.30. The highest BCUT2D eigenvalue weighted by atomic mass is 32.2. The number of urea groups is 1. The van der Waals surface area contributed by atoms with Gasteiger partial charge in [0.25, 0.3) is 10.0 Å². The lowest BCUT2D eigenvalue weighted by Gasteiger charge is -2.20. The number of anilines is 1. The van der Waals surface area contributed by atoms with Crippen LogP contribution in [0.5, 0.6) is 0 Å². The topological polar surface area (TPSA) is 101 Å². The molecule has 146 valence electrons. The molecule has 1 heterocycles. The molecule has 0 aliphatic carbocycles. The maximum atomic E-state index is 14.0. The van der Waals surface area contributed by atoms with Crippen LogP contribution in [0.3, 0.4) is 0 Å². The number of carbonyl (C=O) groups excluding carboxylic acids is 1. The lowest BCUT2D eigenvalue weighted by Crippen LogP contribution is -2.35. The van der Waals surface area contributed by atoms with E-state index in [0.29, 0.717) is 22.4 Å². The first-order valence-electron chi connectivity index (χ1n) is 8.46. The number of halogens is 1. The van der Waals surface area contributed by atoms with Crippen molar-refractivity contribution in [1.82, 2.24) is 14.7 Å². The van der Waals surface area contributed by atoms with Crippen molar-refractivity contribution in [3.05, 3.63) is 47.2 Å². The van der Waals surface area contributed by atoms with E-state index in [2.05, 4.69) is 15.3 Å². The molecule has 1 aromatic carbocycles. The molecule has 0 saturated carbocycles. The first-order valence-corrected chi connectivity index (χ1v) is 9.95. The zero-order chi connectivity index (χ0) is 20.4. The summed E-state index contributed by atoms with van der Waals surface area (Å²) in [6.07, 6.45) is 2.43. The maximum absolute atomic E-state index is 14.0. The van der Waals surface area contributed by atoms with Crippen molar-refractivity contribution in [2.75, 3.05) is 5.32 Å². The highest BCUT2D eigenvalue weighted by Gasteiger charge is 2.24. The zero-order valence-corrected chi connectivity index (χ0v) is 16.7. The van der Waals surface area contributed by atoms with Crippen LogP contribution in [-0.2, 0) is 10.0 Å².